The van der Waals surface area contributed by atoms with Gasteiger partial charge in [-0.25, -0.2) is 0 Å². The lowest BCUT2D eigenvalue weighted by molar-refractivity contribution is -0.384. The number of carbonyl (C=O) groups excluding carboxylic acids is 1. The van der Waals surface area contributed by atoms with E-state index in [0.29, 0.717) is 18.8 Å². The molecule has 0 aromatic heterocycles. The quantitative estimate of drug-likeness (QED) is 0.565. The molecule has 0 atom stereocenters. The first-order valence-corrected chi connectivity index (χ1v) is 5.93. The average molecular weight is 266 g/mol. The number of nitrogens with one attached hydrogen (secondary N) is 1. The summed E-state index contributed by atoms with van der Waals surface area (Å²) in [5.41, 5.74) is 6.41. The number of amides is 1. The van der Waals surface area contributed by atoms with Crippen LogP contribution in [0.3, 0.4) is 0 Å². The molecule has 0 fully saturated rings. The maximum Gasteiger partial charge on any atom is 0.292 e. The van der Waals surface area contributed by atoms with Crippen molar-refractivity contribution in [2.24, 2.45) is 5.73 Å². The zero-order valence-electron chi connectivity index (χ0n) is 11.0. The second kappa shape index (κ2) is 6.69. The molecule has 7 nitrogen and oxygen atoms in total. The number of nitro groups is 1. The first kappa shape index (κ1) is 14.9. The summed E-state index contributed by atoms with van der Waals surface area (Å²) in [7, 11) is 1.63. The molecule has 0 aliphatic rings. The SMILES string of the molecule is CCN(CC(N)=O)Cc1ccc(NC)c([N+](=O)[O-])c1. The molecule has 0 radical (unpaired) electrons. The minimum atomic E-state index is -0.431. The maximum atomic E-state index is 10.9. The van der Waals surface area contributed by atoms with Gasteiger partial charge in [0, 0.05) is 19.7 Å². The smallest absolute Gasteiger partial charge is 0.292 e. The highest BCUT2D eigenvalue weighted by Gasteiger charge is 2.15. The van der Waals surface area contributed by atoms with E-state index in [1.807, 2.05) is 11.8 Å². The van der Waals surface area contributed by atoms with Crippen molar-refractivity contribution in [3.05, 3.63) is 33.9 Å². The van der Waals surface area contributed by atoms with E-state index in [-0.39, 0.29) is 12.2 Å². The lowest BCUT2D eigenvalue weighted by Gasteiger charge is -2.18. The summed E-state index contributed by atoms with van der Waals surface area (Å²) in [4.78, 5) is 23.2. The van der Waals surface area contributed by atoms with Crippen molar-refractivity contribution < 1.29 is 9.72 Å². The number of carbonyl (C=O) groups is 1. The molecule has 7 heteroatoms. The molecule has 0 saturated carbocycles. The average Bonchev–Trinajstić information content (AvgIpc) is 2.37. The Morgan fingerprint density at radius 3 is 2.68 bits per heavy atom. The Bertz CT molecular complexity index is 476. The van der Waals surface area contributed by atoms with E-state index >= 15 is 0 Å². The van der Waals surface area contributed by atoms with Crippen molar-refractivity contribution in [2.45, 2.75) is 13.5 Å². The highest BCUT2D eigenvalue weighted by Crippen LogP contribution is 2.25. The normalized spacial score (nSPS) is 10.5. The fraction of sp³-hybridized carbons (Fsp3) is 0.417. The van der Waals surface area contributed by atoms with Gasteiger partial charge in [0.05, 0.1) is 11.5 Å². The van der Waals surface area contributed by atoms with Crippen LogP contribution < -0.4 is 11.1 Å². The molecule has 19 heavy (non-hydrogen) atoms. The van der Waals surface area contributed by atoms with E-state index in [1.165, 1.54) is 6.07 Å². The summed E-state index contributed by atoms with van der Waals surface area (Å²) in [6.07, 6.45) is 0. The zero-order valence-corrected chi connectivity index (χ0v) is 11.0. The Hall–Kier alpha value is -2.15. The Kier molecular flexibility index (Phi) is 5.25. The van der Waals surface area contributed by atoms with Gasteiger partial charge in [-0.3, -0.25) is 19.8 Å². The number of hydrogen-bond acceptors (Lipinski definition) is 5. The van der Waals surface area contributed by atoms with Crippen molar-refractivity contribution >= 4 is 17.3 Å². The summed E-state index contributed by atoms with van der Waals surface area (Å²) in [6.45, 7) is 3.13. The number of nitro benzene ring substituents is 1. The molecule has 0 spiro atoms. The molecule has 1 amide bonds. The van der Waals surface area contributed by atoms with Crippen molar-refractivity contribution in [2.75, 3.05) is 25.5 Å². The van der Waals surface area contributed by atoms with Crippen LogP contribution in [0.2, 0.25) is 0 Å². The Labute approximate surface area is 111 Å². The van der Waals surface area contributed by atoms with Gasteiger partial charge in [0.1, 0.15) is 5.69 Å². The minimum Gasteiger partial charge on any atom is -0.383 e. The molecule has 0 heterocycles. The largest absolute Gasteiger partial charge is 0.383 e. The van der Waals surface area contributed by atoms with Crippen molar-refractivity contribution in [3.63, 3.8) is 0 Å². The van der Waals surface area contributed by atoms with Crippen molar-refractivity contribution in [1.82, 2.24) is 4.90 Å². The van der Waals surface area contributed by atoms with Crippen LogP contribution in [-0.4, -0.2) is 35.9 Å². The summed E-state index contributed by atoms with van der Waals surface area (Å²) in [5.74, 6) is -0.414. The van der Waals surface area contributed by atoms with Crippen molar-refractivity contribution in [1.29, 1.82) is 0 Å². The second-order valence-electron chi connectivity index (χ2n) is 4.13. The number of nitrogens with zero attached hydrogens (tertiary/aromatic N) is 2. The van der Waals surface area contributed by atoms with Gasteiger partial charge in [0.25, 0.3) is 5.69 Å². The highest BCUT2D eigenvalue weighted by atomic mass is 16.6. The van der Waals surface area contributed by atoms with Gasteiger partial charge in [0.15, 0.2) is 0 Å². The van der Waals surface area contributed by atoms with Gasteiger partial charge in [-0.2, -0.15) is 0 Å². The minimum absolute atomic E-state index is 0.0233. The van der Waals surface area contributed by atoms with Crippen LogP contribution in [0.25, 0.3) is 0 Å². The van der Waals surface area contributed by atoms with Gasteiger partial charge >= 0.3 is 0 Å². The molecule has 1 aromatic rings. The van der Waals surface area contributed by atoms with Crippen LogP contribution >= 0.6 is 0 Å². The fourth-order valence-electron chi connectivity index (χ4n) is 1.80. The summed E-state index contributed by atoms with van der Waals surface area (Å²) in [6, 6.07) is 4.96. The lowest BCUT2D eigenvalue weighted by atomic mass is 10.1. The summed E-state index contributed by atoms with van der Waals surface area (Å²) < 4.78 is 0. The molecular weight excluding hydrogens is 248 g/mol. The number of anilines is 1. The van der Waals surface area contributed by atoms with Gasteiger partial charge in [-0.1, -0.05) is 13.0 Å². The van der Waals surface area contributed by atoms with Crippen molar-refractivity contribution in [3.8, 4) is 0 Å². The fourth-order valence-corrected chi connectivity index (χ4v) is 1.80. The monoisotopic (exact) mass is 266 g/mol. The first-order valence-electron chi connectivity index (χ1n) is 5.93. The Morgan fingerprint density at radius 2 is 2.21 bits per heavy atom. The topological polar surface area (TPSA) is 102 Å². The van der Waals surface area contributed by atoms with E-state index in [4.69, 9.17) is 5.73 Å². The number of nitrogens with two attached hydrogens (primary N) is 1. The lowest BCUT2D eigenvalue weighted by Crippen LogP contribution is -2.33. The third-order valence-electron chi connectivity index (χ3n) is 2.76. The summed E-state index contributed by atoms with van der Waals surface area (Å²) in [5, 5.41) is 13.7. The van der Waals surface area contributed by atoms with Crippen LogP contribution in [-0.2, 0) is 11.3 Å². The molecule has 0 aliphatic carbocycles. The molecule has 1 aromatic carbocycles. The molecule has 104 valence electrons. The third kappa shape index (κ3) is 4.22. The standard InChI is InChI=1S/C12H18N4O3/c1-3-15(8-12(13)17)7-9-4-5-10(14-2)11(6-9)16(18)19/h4-6,14H,3,7-8H2,1-2H3,(H2,13,17). The van der Waals surface area contributed by atoms with Gasteiger partial charge < -0.3 is 11.1 Å². The highest BCUT2D eigenvalue weighted by molar-refractivity contribution is 5.75. The number of likely N-dealkylation sites (N-methyl/N-ethyl adjacent to an activating group) is 1. The molecular formula is C12H18N4O3. The van der Waals surface area contributed by atoms with E-state index in [2.05, 4.69) is 5.32 Å². The Balaban J connectivity index is 2.92. The van der Waals surface area contributed by atoms with E-state index in [0.717, 1.165) is 5.56 Å². The molecule has 0 aliphatic heterocycles. The van der Waals surface area contributed by atoms with Gasteiger partial charge in [-0.05, 0) is 18.2 Å². The zero-order chi connectivity index (χ0) is 14.4. The number of hydrogen-bond donors (Lipinski definition) is 2. The predicted molar refractivity (Wildman–Crippen MR) is 72.8 cm³/mol. The molecule has 0 bridgehead atoms. The maximum absolute atomic E-state index is 10.9. The molecule has 3 N–H and O–H groups in total. The number of primary amides is 1. The van der Waals surface area contributed by atoms with Crippen LogP contribution in [0.1, 0.15) is 12.5 Å². The van der Waals surface area contributed by atoms with Crippen LogP contribution in [0.4, 0.5) is 11.4 Å². The van der Waals surface area contributed by atoms with E-state index in [9.17, 15) is 14.9 Å². The molecule has 0 saturated heterocycles. The van der Waals surface area contributed by atoms with Crippen LogP contribution in [0.15, 0.2) is 18.2 Å². The molecule has 1 rings (SSSR count). The van der Waals surface area contributed by atoms with E-state index < -0.39 is 10.8 Å². The predicted octanol–water partition coefficient (Wildman–Crippen LogP) is 0.944. The van der Waals surface area contributed by atoms with Crippen LogP contribution in [0, 0.1) is 10.1 Å². The first-order chi connectivity index (χ1) is 8.97. The summed E-state index contributed by atoms with van der Waals surface area (Å²) >= 11 is 0. The molecule has 0 unspecified atom stereocenters. The Morgan fingerprint density at radius 1 is 1.53 bits per heavy atom. The van der Waals surface area contributed by atoms with Gasteiger partial charge in [-0.15, -0.1) is 0 Å². The van der Waals surface area contributed by atoms with Crippen LogP contribution in [0.5, 0.6) is 0 Å². The third-order valence-corrected chi connectivity index (χ3v) is 2.76. The number of rotatable bonds is 7. The van der Waals surface area contributed by atoms with Gasteiger partial charge in [0.2, 0.25) is 5.91 Å². The van der Waals surface area contributed by atoms with E-state index in [1.54, 1.807) is 19.2 Å². The second-order valence-corrected chi connectivity index (χ2v) is 4.13. The number of benzene rings is 1.